The first-order valence-electron chi connectivity index (χ1n) is 13.8. The molecule has 0 aliphatic heterocycles. The molecular formula is C32H31N7O3. The van der Waals surface area contributed by atoms with Crippen molar-refractivity contribution in [1.82, 2.24) is 24.0 Å². The lowest BCUT2D eigenvalue weighted by Gasteiger charge is -2.33. The predicted molar refractivity (Wildman–Crippen MR) is 163 cm³/mol. The molecule has 0 atom stereocenters. The molecule has 42 heavy (non-hydrogen) atoms. The fourth-order valence-electron chi connectivity index (χ4n) is 5.02. The Hall–Kier alpha value is -5.22. The zero-order valence-corrected chi connectivity index (χ0v) is 23.2. The van der Waals surface area contributed by atoms with Crippen LogP contribution in [0.1, 0.15) is 19.3 Å². The minimum atomic E-state index is -0.378. The molecular weight excluding hydrogens is 530 g/mol. The maximum atomic E-state index is 13.9. The number of hydrogen-bond acceptors (Lipinski definition) is 7. The van der Waals surface area contributed by atoms with Gasteiger partial charge in [0.1, 0.15) is 23.3 Å². The van der Waals surface area contributed by atoms with Gasteiger partial charge >= 0.3 is 5.69 Å². The smallest absolute Gasteiger partial charge is 0.339 e. The van der Waals surface area contributed by atoms with Crippen molar-refractivity contribution in [2.75, 3.05) is 24.6 Å². The first-order valence-corrected chi connectivity index (χ1v) is 13.8. The topological polar surface area (TPSA) is 120 Å². The van der Waals surface area contributed by atoms with Crippen LogP contribution in [0.5, 0.6) is 11.5 Å². The molecule has 1 aliphatic rings. The van der Waals surface area contributed by atoms with E-state index in [0.717, 1.165) is 0 Å². The molecule has 1 fully saturated rings. The van der Waals surface area contributed by atoms with Gasteiger partial charge in [-0.15, -0.1) is 0 Å². The van der Waals surface area contributed by atoms with Crippen molar-refractivity contribution in [3.8, 4) is 22.9 Å². The Balaban J connectivity index is 1.28. The molecule has 1 saturated carbocycles. The van der Waals surface area contributed by atoms with E-state index in [9.17, 15) is 9.59 Å². The molecule has 0 saturated heterocycles. The van der Waals surface area contributed by atoms with Gasteiger partial charge in [-0.2, -0.15) is 0 Å². The summed E-state index contributed by atoms with van der Waals surface area (Å²) in [6, 6.07) is 24.2. The number of carbonyl (C=O) groups is 1. The largest absolute Gasteiger partial charge is 0.457 e. The molecule has 3 aromatic carbocycles. The van der Waals surface area contributed by atoms with Crippen LogP contribution < -0.4 is 21.5 Å². The van der Waals surface area contributed by atoms with Crippen molar-refractivity contribution in [3.05, 3.63) is 108 Å². The van der Waals surface area contributed by atoms with Gasteiger partial charge in [0.25, 0.3) is 0 Å². The summed E-state index contributed by atoms with van der Waals surface area (Å²) in [6.07, 6.45) is 8.43. The van der Waals surface area contributed by atoms with Crippen LogP contribution in [0.2, 0.25) is 0 Å². The van der Waals surface area contributed by atoms with E-state index in [2.05, 4.69) is 27.2 Å². The first-order chi connectivity index (χ1) is 20.5. The molecule has 5 aromatic rings. The molecule has 0 unspecified atom stereocenters. The van der Waals surface area contributed by atoms with Crippen molar-refractivity contribution in [1.29, 1.82) is 0 Å². The van der Waals surface area contributed by atoms with E-state index in [-0.39, 0.29) is 17.4 Å². The van der Waals surface area contributed by atoms with Crippen LogP contribution >= 0.6 is 0 Å². The highest BCUT2D eigenvalue weighted by Crippen LogP contribution is 2.27. The van der Waals surface area contributed by atoms with Crippen LogP contribution in [-0.2, 0) is 4.79 Å². The van der Waals surface area contributed by atoms with Crippen molar-refractivity contribution < 1.29 is 9.53 Å². The SMILES string of the molecule is CN(C/C=C/C(=O)Nc1cccc(-n2c(=O)n(-c3ccc(Oc4ccccc4)cc3)c3c(N)ncnc32)c1)C1CCC1. The number of benzene rings is 3. The molecule has 1 aliphatic carbocycles. The van der Waals surface area contributed by atoms with Crippen LogP contribution in [0.15, 0.2) is 102 Å². The van der Waals surface area contributed by atoms with Crippen LogP contribution in [0.25, 0.3) is 22.5 Å². The number of aromatic nitrogens is 4. The van der Waals surface area contributed by atoms with Gasteiger partial charge in [0.2, 0.25) is 5.91 Å². The molecule has 10 heteroatoms. The molecule has 2 heterocycles. The molecule has 0 spiro atoms. The van der Waals surface area contributed by atoms with E-state index < -0.39 is 0 Å². The number of nitrogen functional groups attached to an aromatic ring is 1. The first kappa shape index (κ1) is 27.0. The minimum Gasteiger partial charge on any atom is -0.457 e. The summed E-state index contributed by atoms with van der Waals surface area (Å²) < 4.78 is 8.84. The maximum Gasteiger partial charge on any atom is 0.339 e. The Morgan fingerprint density at radius 1 is 1.00 bits per heavy atom. The van der Waals surface area contributed by atoms with E-state index in [1.165, 1.54) is 34.7 Å². The number of fused-ring (bicyclic) bond motifs is 1. The summed E-state index contributed by atoms with van der Waals surface area (Å²) >= 11 is 0. The summed E-state index contributed by atoms with van der Waals surface area (Å²) in [5.74, 6) is 1.26. The van der Waals surface area contributed by atoms with Crippen molar-refractivity contribution in [3.63, 3.8) is 0 Å². The zero-order valence-electron chi connectivity index (χ0n) is 23.2. The number of nitrogens with one attached hydrogen (secondary N) is 1. The highest BCUT2D eigenvalue weighted by Gasteiger charge is 2.21. The summed E-state index contributed by atoms with van der Waals surface area (Å²) in [7, 11) is 2.08. The standard InChI is InChI=1S/C32H31N7O3/c1-37(23-9-6-10-23)19-7-14-28(40)36-22-8-5-11-25(20-22)39-31-29(30(33)34-21-35-31)38(32(39)41)24-15-17-27(18-16-24)42-26-12-3-2-4-13-26/h2-5,7-8,11-18,20-21,23H,6,9-10,19H2,1H3,(H,36,40)(H2,33,34,35)/b14-7+. The Labute approximate surface area is 242 Å². The minimum absolute atomic E-state index is 0.168. The van der Waals surface area contributed by atoms with E-state index in [1.54, 1.807) is 54.6 Å². The lowest BCUT2D eigenvalue weighted by atomic mass is 9.92. The summed E-state index contributed by atoms with van der Waals surface area (Å²) in [6.45, 7) is 0.716. The van der Waals surface area contributed by atoms with Crippen molar-refractivity contribution in [2.45, 2.75) is 25.3 Å². The zero-order chi connectivity index (χ0) is 29.1. The van der Waals surface area contributed by atoms with Crippen LogP contribution in [0.3, 0.4) is 0 Å². The number of para-hydroxylation sites is 1. The van der Waals surface area contributed by atoms with Gasteiger partial charge in [-0.1, -0.05) is 36.8 Å². The number of nitrogens with two attached hydrogens (primary N) is 1. The van der Waals surface area contributed by atoms with Gasteiger partial charge in [0.05, 0.1) is 11.4 Å². The number of rotatable bonds is 9. The third kappa shape index (κ3) is 5.52. The van der Waals surface area contributed by atoms with Gasteiger partial charge in [0.15, 0.2) is 11.5 Å². The molecule has 3 N–H and O–H groups in total. The average molecular weight is 562 g/mol. The lowest BCUT2D eigenvalue weighted by molar-refractivity contribution is -0.111. The van der Waals surface area contributed by atoms with Crippen molar-refractivity contribution >= 4 is 28.6 Å². The molecule has 0 bridgehead atoms. The van der Waals surface area contributed by atoms with Gasteiger partial charge < -0.3 is 15.8 Å². The average Bonchev–Trinajstić information content (AvgIpc) is 3.26. The summed E-state index contributed by atoms with van der Waals surface area (Å²) in [5, 5.41) is 2.89. The Bertz CT molecular complexity index is 1810. The Kier molecular flexibility index (Phi) is 7.52. The van der Waals surface area contributed by atoms with E-state index in [4.69, 9.17) is 10.5 Å². The number of ether oxygens (including phenoxy) is 1. The summed E-state index contributed by atoms with van der Waals surface area (Å²) in [5.41, 5.74) is 8.26. The molecule has 10 nitrogen and oxygen atoms in total. The number of carbonyl (C=O) groups excluding carboxylic acids is 1. The Morgan fingerprint density at radius 2 is 1.76 bits per heavy atom. The van der Waals surface area contributed by atoms with Crippen LogP contribution in [0.4, 0.5) is 11.5 Å². The number of imidazole rings is 1. The number of amides is 1. The quantitative estimate of drug-likeness (QED) is 0.245. The number of hydrogen-bond donors (Lipinski definition) is 2. The summed E-state index contributed by atoms with van der Waals surface area (Å²) in [4.78, 5) is 37.3. The highest BCUT2D eigenvalue weighted by molar-refractivity contribution is 5.99. The maximum absolute atomic E-state index is 13.9. The van der Waals surface area contributed by atoms with Gasteiger partial charge in [-0.05, 0) is 74.5 Å². The van der Waals surface area contributed by atoms with Crippen LogP contribution in [-0.4, -0.2) is 49.5 Å². The van der Waals surface area contributed by atoms with Crippen LogP contribution in [0, 0.1) is 0 Å². The van der Waals surface area contributed by atoms with Gasteiger partial charge in [-0.25, -0.2) is 19.3 Å². The molecule has 6 rings (SSSR count). The predicted octanol–water partition coefficient (Wildman–Crippen LogP) is 4.92. The fourth-order valence-corrected chi connectivity index (χ4v) is 5.02. The van der Waals surface area contributed by atoms with Gasteiger partial charge in [0, 0.05) is 24.4 Å². The Morgan fingerprint density at radius 3 is 2.50 bits per heavy atom. The number of likely N-dealkylation sites (N-methyl/N-ethyl adjacent to an activating group) is 1. The molecule has 2 aromatic heterocycles. The lowest BCUT2D eigenvalue weighted by Crippen LogP contribution is -2.37. The normalized spacial score (nSPS) is 13.5. The molecule has 1 amide bonds. The van der Waals surface area contributed by atoms with Crippen molar-refractivity contribution in [2.24, 2.45) is 0 Å². The van der Waals surface area contributed by atoms with Gasteiger partial charge in [-0.3, -0.25) is 14.3 Å². The molecule has 212 valence electrons. The number of nitrogens with zero attached hydrogens (tertiary/aromatic N) is 5. The third-order valence-electron chi connectivity index (χ3n) is 7.46. The molecule has 0 radical (unpaired) electrons. The van der Waals surface area contributed by atoms with E-state index in [0.29, 0.717) is 52.3 Å². The van der Waals surface area contributed by atoms with E-state index >= 15 is 0 Å². The highest BCUT2D eigenvalue weighted by atomic mass is 16.5. The second kappa shape index (κ2) is 11.7. The third-order valence-corrected chi connectivity index (χ3v) is 7.46. The second-order valence-electron chi connectivity index (χ2n) is 10.3. The van der Waals surface area contributed by atoms with E-state index in [1.807, 2.05) is 36.4 Å². The monoisotopic (exact) mass is 561 g/mol. The fraction of sp³-hybridized carbons (Fsp3) is 0.188. The second-order valence-corrected chi connectivity index (χ2v) is 10.3. The number of anilines is 2.